The Labute approximate surface area is 172 Å². The lowest BCUT2D eigenvalue weighted by Crippen LogP contribution is -2.52. The molecule has 2 aromatic rings. The van der Waals surface area contributed by atoms with E-state index in [0.29, 0.717) is 57.9 Å². The van der Waals surface area contributed by atoms with Crippen molar-refractivity contribution in [3.63, 3.8) is 0 Å². The highest BCUT2D eigenvalue weighted by atomic mass is 35.5. The first-order valence-electron chi connectivity index (χ1n) is 8.63. The summed E-state index contributed by atoms with van der Waals surface area (Å²) in [5.41, 5.74) is 0.352. The first-order chi connectivity index (χ1) is 12.9. The maximum atomic E-state index is 12.7. The van der Waals surface area contributed by atoms with Crippen LogP contribution >= 0.6 is 34.8 Å². The van der Waals surface area contributed by atoms with Crippen molar-refractivity contribution in [2.24, 2.45) is 0 Å². The Kier molecular flexibility index (Phi) is 4.83. The molecule has 2 aromatic carbocycles. The van der Waals surface area contributed by atoms with Gasteiger partial charge in [0.05, 0.1) is 17.0 Å². The predicted octanol–water partition coefficient (Wildman–Crippen LogP) is 5.29. The van der Waals surface area contributed by atoms with Crippen molar-refractivity contribution in [2.75, 3.05) is 13.1 Å². The monoisotopic (exact) mass is 423 g/mol. The number of amides is 1. The quantitative estimate of drug-likeness (QED) is 0.625. The molecule has 1 amide bonds. The zero-order valence-electron chi connectivity index (χ0n) is 14.3. The van der Waals surface area contributed by atoms with Gasteiger partial charge in [0.15, 0.2) is 5.78 Å². The highest BCUT2D eigenvalue weighted by Gasteiger charge is 2.44. The number of Topliss-reactive ketones (excluding diaryl/α,β-unsaturated/α-hetero) is 1. The van der Waals surface area contributed by atoms with Crippen molar-refractivity contribution in [3.05, 3.63) is 62.6 Å². The van der Waals surface area contributed by atoms with Gasteiger partial charge in [-0.3, -0.25) is 9.59 Å². The molecule has 1 spiro atoms. The number of likely N-dealkylation sites (tertiary alicyclic amines) is 1. The summed E-state index contributed by atoms with van der Waals surface area (Å²) >= 11 is 18.2. The second-order valence-electron chi connectivity index (χ2n) is 6.95. The van der Waals surface area contributed by atoms with Crippen molar-refractivity contribution in [2.45, 2.75) is 24.9 Å². The molecule has 1 saturated heterocycles. The average molecular weight is 425 g/mol. The van der Waals surface area contributed by atoms with E-state index in [4.69, 9.17) is 39.5 Å². The molecule has 0 radical (unpaired) electrons. The number of nitrogens with zero attached hydrogens (tertiary/aromatic N) is 1. The highest BCUT2D eigenvalue weighted by molar-refractivity contribution is 6.36. The molecule has 7 heteroatoms. The molecular formula is C20H16Cl3NO3. The molecule has 27 heavy (non-hydrogen) atoms. The highest BCUT2D eigenvalue weighted by Crippen LogP contribution is 2.44. The van der Waals surface area contributed by atoms with E-state index < -0.39 is 5.60 Å². The van der Waals surface area contributed by atoms with Crippen molar-refractivity contribution >= 4 is 46.5 Å². The molecule has 0 unspecified atom stereocenters. The fourth-order valence-electron chi connectivity index (χ4n) is 3.71. The molecule has 2 aliphatic rings. The maximum Gasteiger partial charge on any atom is 0.253 e. The lowest BCUT2D eigenvalue weighted by Gasteiger charge is -2.44. The van der Waals surface area contributed by atoms with E-state index >= 15 is 0 Å². The van der Waals surface area contributed by atoms with E-state index in [0.717, 1.165) is 0 Å². The smallest absolute Gasteiger partial charge is 0.253 e. The van der Waals surface area contributed by atoms with Gasteiger partial charge < -0.3 is 9.64 Å². The minimum absolute atomic E-state index is 0.0322. The van der Waals surface area contributed by atoms with E-state index in [1.165, 1.54) is 0 Å². The Morgan fingerprint density at radius 2 is 1.78 bits per heavy atom. The molecule has 0 N–H and O–H groups in total. The van der Waals surface area contributed by atoms with Crippen LogP contribution in [0.5, 0.6) is 5.75 Å². The molecule has 0 aliphatic carbocycles. The van der Waals surface area contributed by atoms with Crippen molar-refractivity contribution in [1.29, 1.82) is 0 Å². The second kappa shape index (κ2) is 7.01. The third-order valence-corrected chi connectivity index (χ3v) is 5.88. The SMILES string of the molecule is O=C1CC2(CCN(C(=O)c3cccc(Cl)c3)CC2)Oc2c(Cl)cc(Cl)cc21. The summed E-state index contributed by atoms with van der Waals surface area (Å²) in [6.45, 7) is 0.998. The molecule has 2 heterocycles. The molecular weight excluding hydrogens is 409 g/mol. The van der Waals surface area contributed by atoms with Crippen molar-refractivity contribution in [1.82, 2.24) is 4.90 Å². The van der Waals surface area contributed by atoms with Gasteiger partial charge in [0.25, 0.3) is 5.91 Å². The maximum absolute atomic E-state index is 12.7. The largest absolute Gasteiger partial charge is 0.484 e. The summed E-state index contributed by atoms with van der Waals surface area (Å²) in [5.74, 6) is 0.293. The fourth-order valence-corrected chi connectivity index (χ4v) is 4.43. The Balaban J connectivity index is 1.52. The summed E-state index contributed by atoms with van der Waals surface area (Å²) in [7, 11) is 0. The summed E-state index contributed by atoms with van der Waals surface area (Å²) < 4.78 is 6.20. The summed E-state index contributed by atoms with van der Waals surface area (Å²) in [6, 6.07) is 10.1. The van der Waals surface area contributed by atoms with Gasteiger partial charge in [-0.25, -0.2) is 0 Å². The van der Waals surface area contributed by atoms with Gasteiger partial charge in [0.1, 0.15) is 11.4 Å². The zero-order chi connectivity index (χ0) is 19.2. The Morgan fingerprint density at radius 3 is 2.48 bits per heavy atom. The van der Waals surface area contributed by atoms with E-state index in [-0.39, 0.29) is 18.1 Å². The fraction of sp³-hybridized carbons (Fsp3) is 0.300. The van der Waals surface area contributed by atoms with E-state index in [1.54, 1.807) is 41.3 Å². The van der Waals surface area contributed by atoms with E-state index in [1.807, 2.05) is 0 Å². The summed E-state index contributed by atoms with van der Waals surface area (Å²) in [5, 5.41) is 1.27. The first kappa shape index (κ1) is 18.6. The molecule has 4 rings (SSSR count). The number of halogens is 3. The van der Waals surface area contributed by atoms with Crippen LogP contribution in [0.3, 0.4) is 0 Å². The van der Waals surface area contributed by atoms with Crippen molar-refractivity contribution < 1.29 is 14.3 Å². The Hall–Kier alpha value is -1.75. The average Bonchev–Trinajstić information content (AvgIpc) is 2.63. The van der Waals surface area contributed by atoms with Gasteiger partial charge in [-0.05, 0) is 30.3 Å². The molecule has 140 valence electrons. The minimum Gasteiger partial charge on any atom is -0.484 e. The molecule has 1 fully saturated rings. The third kappa shape index (κ3) is 3.54. The second-order valence-corrected chi connectivity index (χ2v) is 8.23. The molecule has 0 atom stereocenters. The van der Waals surface area contributed by atoms with Crippen LogP contribution in [0.25, 0.3) is 0 Å². The number of ketones is 1. The van der Waals surface area contributed by atoms with Gasteiger partial charge >= 0.3 is 0 Å². The first-order valence-corrected chi connectivity index (χ1v) is 9.76. The standard InChI is InChI=1S/C20H16Cl3NO3/c21-13-3-1-2-12(8-13)19(26)24-6-4-20(5-7-24)11-17(25)15-9-14(22)10-16(23)18(15)27-20/h1-3,8-10H,4-7,11H2. The number of benzene rings is 2. The predicted molar refractivity (Wildman–Crippen MR) is 105 cm³/mol. The number of hydrogen-bond donors (Lipinski definition) is 0. The van der Waals surface area contributed by atoms with E-state index in [9.17, 15) is 9.59 Å². The minimum atomic E-state index is -0.632. The van der Waals surface area contributed by atoms with Crippen LogP contribution in [0.1, 0.15) is 40.0 Å². The lowest BCUT2D eigenvalue weighted by atomic mass is 9.82. The van der Waals surface area contributed by atoms with Gasteiger partial charge in [-0.15, -0.1) is 0 Å². The topological polar surface area (TPSA) is 46.6 Å². The number of ether oxygens (including phenoxy) is 1. The van der Waals surface area contributed by atoms with Crippen LogP contribution in [0, 0.1) is 0 Å². The van der Waals surface area contributed by atoms with Crippen LogP contribution in [-0.4, -0.2) is 35.3 Å². The molecule has 4 nitrogen and oxygen atoms in total. The molecule has 0 saturated carbocycles. The number of piperidine rings is 1. The van der Waals surface area contributed by atoms with Gasteiger partial charge in [0.2, 0.25) is 0 Å². The third-order valence-electron chi connectivity index (χ3n) is 5.14. The van der Waals surface area contributed by atoms with Crippen LogP contribution in [0.2, 0.25) is 15.1 Å². The number of rotatable bonds is 1. The number of carbonyl (C=O) groups excluding carboxylic acids is 2. The van der Waals surface area contributed by atoms with E-state index in [2.05, 4.69) is 0 Å². The van der Waals surface area contributed by atoms with Crippen LogP contribution < -0.4 is 4.74 Å². The normalized spacial score (nSPS) is 18.2. The molecule has 0 aromatic heterocycles. The van der Waals surface area contributed by atoms with Crippen LogP contribution in [0.15, 0.2) is 36.4 Å². The van der Waals surface area contributed by atoms with Gasteiger partial charge in [-0.1, -0.05) is 40.9 Å². The number of fused-ring (bicyclic) bond motifs is 1. The van der Waals surface area contributed by atoms with Gasteiger partial charge in [0, 0.05) is 41.5 Å². The number of hydrogen-bond acceptors (Lipinski definition) is 3. The lowest BCUT2D eigenvalue weighted by molar-refractivity contribution is -0.00565. The summed E-state index contributed by atoms with van der Waals surface area (Å²) in [6.07, 6.45) is 1.38. The Morgan fingerprint density at radius 1 is 1.04 bits per heavy atom. The van der Waals surface area contributed by atoms with Crippen LogP contribution in [0.4, 0.5) is 0 Å². The molecule has 0 bridgehead atoms. The summed E-state index contributed by atoms with van der Waals surface area (Å²) in [4.78, 5) is 27.1. The number of carbonyl (C=O) groups is 2. The zero-order valence-corrected chi connectivity index (χ0v) is 16.6. The van der Waals surface area contributed by atoms with Gasteiger partial charge in [-0.2, -0.15) is 0 Å². The molecule has 2 aliphatic heterocycles. The van der Waals surface area contributed by atoms with Crippen LogP contribution in [-0.2, 0) is 0 Å². The van der Waals surface area contributed by atoms with Crippen molar-refractivity contribution in [3.8, 4) is 5.75 Å². The Bertz CT molecular complexity index is 936.